The highest BCUT2D eigenvalue weighted by molar-refractivity contribution is 6.39. The van der Waals surface area contributed by atoms with E-state index in [1.807, 2.05) is 0 Å². The largest absolute Gasteiger partial charge is 0.0622 e. The Morgan fingerprint density at radius 1 is 0.0685 bits per heavy atom. The molecule has 0 bridgehead atoms. The Kier molecular flexibility index (Phi) is 21.8. The molecule has 30 aromatic rings. The van der Waals surface area contributed by atoms with Gasteiger partial charge < -0.3 is 0 Å². The molecule has 0 aliphatic heterocycles. The minimum atomic E-state index is 1.23. The van der Waals surface area contributed by atoms with Gasteiger partial charge in [-0.15, -0.1) is 0 Å². The van der Waals surface area contributed by atoms with Gasteiger partial charge >= 0.3 is 0 Å². The second-order valence-corrected chi connectivity index (χ2v) is 38.6. The summed E-state index contributed by atoms with van der Waals surface area (Å²) in [7, 11) is 0. The average Bonchev–Trinajstić information content (AvgIpc) is 0.720. The van der Waals surface area contributed by atoms with Crippen molar-refractivity contribution < 1.29 is 0 Å². The van der Waals surface area contributed by atoms with Crippen LogP contribution in [0.1, 0.15) is 0 Å². The molecule has 0 aliphatic carbocycles. The van der Waals surface area contributed by atoms with E-state index in [1.165, 1.54) is 283 Å². The van der Waals surface area contributed by atoms with E-state index >= 15 is 0 Å². The SMILES string of the molecule is c1ccc(-c2cc(-c3ccccc3)cc(-c3ccc4ccc5c6ccccc6ccc5c4c3)c2)cc1.c1ccc(-c2cccc(-c3cc4c5ccccc5c5c6ccccc6ccc5c4c4ccccc34)c2)cc1.c1ccc(-c2cccc(-c3cc4c5ccccc5c5cc6ccccc6cc5c4c4ccccc34)c2)cc1.c1ccc(-c2cccc(-c3cc4c5ccccc5c5ccccc5c4c4ccccc34)c2)cc1. The van der Waals surface area contributed by atoms with Gasteiger partial charge in [-0.25, -0.2) is 0 Å². The van der Waals surface area contributed by atoms with Gasteiger partial charge in [0.2, 0.25) is 0 Å². The predicted molar refractivity (Wildman–Crippen MR) is 632 cm³/mol. The Labute approximate surface area is 847 Å². The third-order valence-electron chi connectivity index (χ3n) is 30.3. The average molecular weight is 1850 g/mol. The molecule has 0 fully saturated rings. The van der Waals surface area contributed by atoms with Gasteiger partial charge in [0, 0.05) is 0 Å². The monoisotopic (exact) mass is 1850 g/mol. The summed E-state index contributed by atoms with van der Waals surface area (Å²) in [6.07, 6.45) is 0. The summed E-state index contributed by atoms with van der Waals surface area (Å²) in [6, 6.07) is 208. The van der Waals surface area contributed by atoms with Crippen molar-refractivity contribution in [2.45, 2.75) is 0 Å². The predicted octanol–water partition coefficient (Wildman–Crippen LogP) is 41.4. The van der Waals surface area contributed by atoms with E-state index in [1.54, 1.807) is 0 Å². The Hall–Kier alpha value is -19.0. The van der Waals surface area contributed by atoms with Crippen LogP contribution in [0.25, 0.3) is 283 Å². The summed E-state index contributed by atoms with van der Waals surface area (Å²) in [5, 5.41) is 44.4. The Morgan fingerprint density at radius 2 is 0.274 bits per heavy atom. The van der Waals surface area contributed by atoms with E-state index in [2.05, 4.69) is 570 Å². The second kappa shape index (κ2) is 36.9. The van der Waals surface area contributed by atoms with Crippen molar-refractivity contribution in [3.05, 3.63) is 570 Å². The Balaban J connectivity index is 0.0000000966. The lowest BCUT2D eigenvalue weighted by Gasteiger charge is -2.17. The molecule has 0 saturated carbocycles. The fraction of sp³-hybridized carbons (Fsp3) is 0. The molecule has 0 aromatic heterocycles. The first-order valence-corrected chi connectivity index (χ1v) is 50.6. The molecule has 0 nitrogen and oxygen atoms in total. The smallest absolute Gasteiger partial charge is 0.00197 e. The van der Waals surface area contributed by atoms with Crippen LogP contribution in [0.5, 0.6) is 0 Å². The zero-order valence-corrected chi connectivity index (χ0v) is 80.3. The lowest BCUT2D eigenvalue weighted by atomic mass is 9.86. The van der Waals surface area contributed by atoms with Gasteiger partial charge in [-0.3, -0.25) is 0 Å². The van der Waals surface area contributed by atoms with Gasteiger partial charge in [0.25, 0.3) is 0 Å². The molecule has 0 heterocycles. The minimum absolute atomic E-state index is 1.23. The van der Waals surface area contributed by atoms with Crippen LogP contribution in [0.4, 0.5) is 0 Å². The molecule has 0 radical (unpaired) electrons. The number of hydrogen-bond donors (Lipinski definition) is 0. The number of fused-ring (bicyclic) bond motifs is 32. The first kappa shape index (κ1) is 86.1. The fourth-order valence-electron chi connectivity index (χ4n) is 23.4. The molecule has 0 atom stereocenters. The minimum Gasteiger partial charge on any atom is -0.0622 e. The van der Waals surface area contributed by atoms with Crippen LogP contribution in [0.15, 0.2) is 570 Å². The zero-order valence-electron chi connectivity index (χ0n) is 80.3. The molecule has 0 amide bonds. The summed E-state index contributed by atoms with van der Waals surface area (Å²) in [4.78, 5) is 0. The van der Waals surface area contributed by atoms with Crippen molar-refractivity contribution in [1.29, 1.82) is 0 Å². The summed E-state index contributed by atoms with van der Waals surface area (Å²) < 4.78 is 0. The van der Waals surface area contributed by atoms with Crippen LogP contribution in [-0.4, -0.2) is 0 Å². The maximum atomic E-state index is 2.43. The lowest BCUT2D eigenvalue weighted by molar-refractivity contribution is 1.57. The standard InChI is InChI=1S/2C38H24.C36H24.C34H22/c1-2-11-25(12-3-1)27-14-10-15-28(23-27)35-24-36-31-18-7-9-20-33(31)37-29-16-5-4-13-26(29)21-22-34(37)38(36)32-19-8-6-17-30(32)35;1-2-11-25(12-3-1)26-15-10-16-29(21-26)34-24-37-31-18-7-6-17-30(31)35-22-27-13-4-5-14-28(27)23-36(35)38(37)33-20-9-8-19-32(33)34;1-3-9-25(10-4-1)30-21-31(26-11-5-2-6-12-26)23-32(22-30)29-16-15-28-18-19-34-33-14-8-7-13-27(33)17-20-35(34)36(28)24-29;1-2-11-23(12-3-1)24-13-10-14-25(21-24)32-22-33-28-17-5-4-15-26(28)27-16-6-8-19-30(27)34(33)31-20-9-7-18-29(31)32/h2*1-24H;1-24H;1-22H. The second-order valence-electron chi connectivity index (χ2n) is 38.6. The van der Waals surface area contributed by atoms with Crippen molar-refractivity contribution in [3.8, 4) is 100 Å². The summed E-state index contributed by atoms with van der Waals surface area (Å²) in [5.41, 5.74) is 22.4. The van der Waals surface area contributed by atoms with Crippen LogP contribution < -0.4 is 0 Å². The number of rotatable bonds is 9. The van der Waals surface area contributed by atoms with E-state index in [9.17, 15) is 0 Å². The van der Waals surface area contributed by atoms with Crippen LogP contribution >= 0.6 is 0 Å². The van der Waals surface area contributed by atoms with Crippen molar-refractivity contribution in [1.82, 2.24) is 0 Å². The highest BCUT2D eigenvalue weighted by Crippen LogP contribution is 2.51. The van der Waals surface area contributed by atoms with Crippen molar-refractivity contribution >= 4 is 183 Å². The molecule has 0 saturated heterocycles. The number of hydrogen-bond acceptors (Lipinski definition) is 0. The Morgan fingerprint density at radius 3 is 0.678 bits per heavy atom. The van der Waals surface area contributed by atoms with Gasteiger partial charge in [-0.2, -0.15) is 0 Å². The van der Waals surface area contributed by atoms with Gasteiger partial charge in [0.15, 0.2) is 0 Å². The van der Waals surface area contributed by atoms with Crippen LogP contribution in [0.2, 0.25) is 0 Å². The van der Waals surface area contributed by atoms with Gasteiger partial charge in [0.05, 0.1) is 0 Å². The summed E-state index contributed by atoms with van der Waals surface area (Å²) >= 11 is 0. The highest BCUT2D eigenvalue weighted by atomic mass is 14.3. The molecule has 0 heteroatoms. The molecule has 678 valence electrons. The normalized spacial score (nSPS) is 11.6. The van der Waals surface area contributed by atoms with E-state index in [0.29, 0.717) is 0 Å². The quantitative estimate of drug-likeness (QED) is 0.0998. The maximum absolute atomic E-state index is 2.43. The first-order valence-electron chi connectivity index (χ1n) is 50.6. The van der Waals surface area contributed by atoms with Gasteiger partial charge in [-0.05, 0) is 356 Å². The zero-order chi connectivity index (χ0) is 96.5. The summed E-state index contributed by atoms with van der Waals surface area (Å²) in [6.45, 7) is 0. The molecule has 0 spiro atoms. The molecule has 30 aromatic carbocycles. The van der Waals surface area contributed by atoms with E-state index in [-0.39, 0.29) is 0 Å². The molecule has 30 rings (SSSR count). The molecular weight excluding hydrogens is 1750 g/mol. The van der Waals surface area contributed by atoms with Crippen molar-refractivity contribution in [2.24, 2.45) is 0 Å². The Bertz CT molecular complexity index is 10200. The third kappa shape index (κ3) is 15.4. The third-order valence-corrected chi connectivity index (χ3v) is 30.3. The van der Waals surface area contributed by atoms with Gasteiger partial charge in [-0.1, -0.05) is 497 Å². The van der Waals surface area contributed by atoms with E-state index < -0.39 is 0 Å². The maximum Gasteiger partial charge on any atom is -0.00197 e. The molecule has 0 N–H and O–H groups in total. The van der Waals surface area contributed by atoms with Crippen LogP contribution in [0.3, 0.4) is 0 Å². The van der Waals surface area contributed by atoms with Gasteiger partial charge in [0.1, 0.15) is 0 Å². The fourth-order valence-corrected chi connectivity index (χ4v) is 23.4. The van der Waals surface area contributed by atoms with Crippen molar-refractivity contribution in [2.75, 3.05) is 0 Å². The van der Waals surface area contributed by atoms with Crippen LogP contribution in [0, 0.1) is 0 Å². The highest BCUT2D eigenvalue weighted by Gasteiger charge is 2.23. The lowest BCUT2D eigenvalue weighted by Crippen LogP contribution is -1.90. The van der Waals surface area contributed by atoms with E-state index in [4.69, 9.17) is 0 Å². The topological polar surface area (TPSA) is 0 Å². The summed E-state index contributed by atoms with van der Waals surface area (Å²) in [5.74, 6) is 0. The van der Waals surface area contributed by atoms with E-state index in [0.717, 1.165) is 0 Å². The molecule has 0 aliphatic rings. The number of benzene rings is 30. The molecular formula is C146H94. The first-order chi connectivity index (χ1) is 72.4. The van der Waals surface area contributed by atoms with Crippen LogP contribution in [-0.2, 0) is 0 Å². The molecule has 0 unspecified atom stereocenters. The van der Waals surface area contributed by atoms with Crippen molar-refractivity contribution in [3.63, 3.8) is 0 Å². The molecule has 146 heavy (non-hydrogen) atoms.